The van der Waals surface area contributed by atoms with Gasteiger partial charge >= 0.3 is 0 Å². The third-order valence-corrected chi connectivity index (χ3v) is 2.98. The van der Waals surface area contributed by atoms with E-state index in [0.29, 0.717) is 0 Å². The lowest BCUT2D eigenvalue weighted by atomic mass is 10.1. The molecule has 0 amide bonds. The Labute approximate surface area is 115 Å². The van der Waals surface area contributed by atoms with Crippen molar-refractivity contribution < 1.29 is 4.42 Å². The molecule has 104 valence electrons. The van der Waals surface area contributed by atoms with Crippen LogP contribution in [0.2, 0.25) is 0 Å². The average molecular weight is 260 g/mol. The summed E-state index contributed by atoms with van der Waals surface area (Å²) >= 11 is 0. The molecule has 0 radical (unpaired) electrons. The Balaban J connectivity index is 1.82. The fraction of sp³-hybridized carbons (Fsp3) is 0.500. The maximum Gasteiger partial charge on any atom is 0.134 e. The van der Waals surface area contributed by atoms with Crippen LogP contribution < -0.4 is 10.6 Å². The highest BCUT2D eigenvalue weighted by Crippen LogP contribution is 2.20. The molecular weight excluding hydrogens is 236 g/mol. The second kappa shape index (κ2) is 5.76. The van der Waals surface area contributed by atoms with Crippen molar-refractivity contribution in [2.45, 2.75) is 39.8 Å². The molecule has 2 rings (SSSR count). The fourth-order valence-electron chi connectivity index (χ4n) is 2.04. The van der Waals surface area contributed by atoms with Gasteiger partial charge in [-0.05, 0) is 45.9 Å². The van der Waals surface area contributed by atoms with E-state index < -0.39 is 0 Å². The lowest BCUT2D eigenvalue weighted by molar-refractivity contribution is 0.417. The third kappa shape index (κ3) is 4.37. The number of rotatable bonds is 5. The molecule has 0 aliphatic heterocycles. The second-order valence-electron chi connectivity index (χ2n) is 6.11. The van der Waals surface area contributed by atoms with Gasteiger partial charge in [0.2, 0.25) is 0 Å². The van der Waals surface area contributed by atoms with Crippen molar-refractivity contribution in [2.75, 3.05) is 13.1 Å². The summed E-state index contributed by atoms with van der Waals surface area (Å²) in [6, 6.07) is 8.39. The number of benzene rings is 1. The van der Waals surface area contributed by atoms with Crippen LogP contribution in [-0.4, -0.2) is 18.6 Å². The normalized spacial score (nSPS) is 12.2. The molecule has 0 saturated carbocycles. The van der Waals surface area contributed by atoms with Crippen LogP contribution in [0.5, 0.6) is 0 Å². The smallest absolute Gasteiger partial charge is 0.134 e. The molecule has 19 heavy (non-hydrogen) atoms. The van der Waals surface area contributed by atoms with Crippen LogP contribution in [0.1, 0.15) is 32.1 Å². The summed E-state index contributed by atoms with van der Waals surface area (Å²) < 4.78 is 5.79. The van der Waals surface area contributed by atoms with Crippen molar-refractivity contribution in [2.24, 2.45) is 0 Å². The van der Waals surface area contributed by atoms with Crippen molar-refractivity contribution in [1.82, 2.24) is 10.6 Å². The molecule has 0 aliphatic rings. The van der Waals surface area contributed by atoms with Gasteiger partial charge in [0.05, 0.1) is 6.54 Å². The Morgan fingerprint density at radius 1 is 1.11 bits per heavy atom. The summed E-state index contributed by atoms with van der Waals surface area (Å²) in [4.78, 5) is 0. The molecule has 0 fully saturated rings. The first-order valence-electron chi connectivity index (χ1n) is 6.89. The van der Waals surface area contributed by atoms with Gasteiger partial charge in [0.1, 0.15) is 11.3 Å². The van der Waals surface area contributed by atoms with Crippen molar-refractivity contribution in [3.63, 3.8) is 0 Å². The Hall–Kier alpha value is -1.32. The van der Waals surface area contributed by atoms with Gasteiger partial charge in [0, 0.05) is 24.0 Å². The lowest BCUT2D eigenvalue weighted by Gasteiger charge is -2.20. The summed E-state index contributed by atoms with van der Waals surface area (Å²) in [6.07, 6.45) is 0. The number of fused-ring (bicyclic) bond motifs is 1. The van der Waals surface area contributed by atoms with Crippen LogP contribution in [0.4, 0.5) is 0 Å². The molecule has 1 heterocycles. The molecule has 0 bridgehead atoms. The molecule has 0 unspecified atom stereocenters. The number of furan rings is 1. The largest absolute Gasteiger partial charge is 0.460 e. The highest BCUT2D eigenvalue weighted by Gasteiger charge is 2.07. The molecule has 1 aromatic carbocycles. The van der Waals surface area contributed by atoms with Crippen LogP contribution in [0, 0.1) is 6.92 Å². The van der Waals surface area contributed by atoms with E-state index in [1.54, 1.807) is 0 Å². The maximum atomic E-state index is 5.79. The van der Waals surface area contributed by atoms with Gasteiger partial charge in [0.25, 0.3) is 0 Å². The zero-order valence-electron chi connectivity index (χ0n) is 12.3. The fourth-order valence-corrected chi connectivity index (χ4v) is 2.04. The number of aryl methyl sites for hydroxylation is 1. The quantitative estimate of drug-likeness (QED) is 0.811. The van der Waals surface area contributed by atoms with Crippen molar-refractivity contribution >= 4 is 11.0 Å². The maximum absolute atomic E-state index is 5.79. The van der Waals surface area contributed by atoms with Gasteiger partial charge in [-0.2, -0.15) is 0 Å². The zero-order chi connectivity index (χ0) is 13.9. The van der Waals surface area contributed by atoms with E-state index >= 15 is 0 Å². The minimum absolute atomic E-state index is 0.179. The first-order chi connectivity index (χ1) is 8.94. The van der Waals surface area contributed by atoms with E-state index in [4.69, 9.17) is 4.42 Å². The third-order valence-electron chi connectivity index (χ3n) is 2.98. The standard InChI is InChI=1S/C16H24N2O/c1-12-5-6-15-13(9-12)10-14(19-15)11-17-7-8-18-16(2,3)4/h5-6,9-10,17-18H,7-8,11H2,1-4H3. The Bertz CT molecular complexity index is 537. The van der Waals surface area contributed by atoms with Crippen LogP contribution in [0.15, 0.2) is 28.7 Å². The molecular formula is C16H24N2O. The molecule has 0 spiro atoms. The van der Waals surface area contributed by atoms with Crippen molar-refractivity contribution in [1.29, 1.82) is 0 Å². The lowest BCUT2D eigenvalue weighted by Crippen LogP contribution is -2.40. The Morgan fingerprint density at radius 3 is 2.63 bits per heavy atom. The van der Waals surface area contributed by atoms with Crippen LogP contribution in [-0.2, 0) is 6.54 Å². The van der Waals surface area contributed by atoms with Crippen molar-refractivity contribution in [3.05, 3.63) is 35.6 Å². The van der Waals surface area contributed by atoms with Crippen molar-refractivity contribution in [3.8, 4) is 0 Å². The van der Waals surface area contributed by atoms with Gasteiger partial charge < -0.3 is 15.1 Å². The van der Waals surface area contributed by atoms with E-state index in [9.17, 15) is 0 Å². The summed E-state index contributed by atoms with van der Waals surface area (Å²) in [7, 11) is 0. The predicted octanol–water partition coefficient (Wildman–Crippen LogP) is 3.22. The highest BCUT2D eigenvalue weighted by molar-refractivity contribution is 5.78. The minimum atomic E-state index is 0.179. The topological polar surface area (TPSA) is 37.2 Å². The number of hydrogen-bond acceptors (Lipinski definition) is 3. The predicted molar refractivity (Wildman–Crippen MR) is 80.4 cm³/mol. The molecule has 3 heteroatoms. The number of nitrogens with one attached hydrogen (secondary N) is 2. The monoisotopic (exact) mass is 260 g/mol. The van der Waals surface area contributed by atoms with E-state index in [0.717, 1.165) is 31.0 Å². The van der Waals surface area contributed by atoms with Gasteiger partial charge in [-0.25, -0.2) is 0 Å². The Kier molecular flexibility index (Phi) is 4.27. The van der Waals surface area contributed by atoms with Gasteiger partial charge in [0.15, 0.2) is 0 Å². The van der Waals surface area contributed by atoms with E-state index in [2.05, 4.69) is 56.5 Å². The van der Waals surface area contributed by atoms with Gasteiger partial charge in [-0.1, -0.05) is 11.6 Å². The molecule has 0 atom stereocenters. The molecule has 2 N–H and O–H groups in total. The molecule has 3 nitrogen and oxygen atoms in total. The van der Waals surface area contributed by atoms with E-state index in [-0.39, 0.29) is 5.54 Å². The summed E-state index contributed by atoms with van der Waals surface area (Å²) in [6.45, 7) is 11.3. The van der Waals surface area contributed by atoms with Crippen LogP contribution >= 0.6 is 0 Å². The summed E-state index contributed by atoms with van der Waals surface area (Å²) in [5.74, 6) is 0.997. The van der Waals surface area contributed by atoms with Gasteiger partial charge in [-0.3, -0.25) is 0 Å². The number of hydrogen-bond donors (Lipinski definition) is 2. The highest BCUT2D eigenvalue weighted by atomic mass is 16.3. The Morgan fingerprint density at radius 2 is 1.89 bits per heavy atom. The van der Waals surface area contributed by atoms with E-state index in [1.165, 1.54) is 10.9 Å². The van der Waals surface area contributed by atoms with Crippen LogP contribution in [0.3, 0.4) is 0 Å². The molecule has 2 aromatic rings. The minimum Gasteiger partial charge on any atom is -0.460 e. The van der Waals surface area contributed by atoms with Gasteiger partial charge in [-0.15, -0.1) is 0 Å². The van der Waals surface area contributed by atoms with Crippen LogP contribution in [0.25, 0.3) is 11.0 Å². The first kappa shape index (κ1) is 14.1. The summed E-state index contributed by atoms with van der Waals surface area (Å²) in [5.41, 5.74) is 2.41. The molecule has 1 aromatic heterocycles. The zero-order valence-corrected chi connectivity index (χ0v) is 12.3. The van der Waals surface area contributed by atoms with E-state index in [1.807, 2.05) is 6.07 Å². The summed E-state index contributed by atoms with van der Waals surface area (Å²) in [5, 5.41) is 8.03. The SMILES string of the molecule is Cc1ccc2oc(CNCCNC(C)(C)C)cc2c1. The molecule has 0 saturated heterocycles. The molecule has 0 aliphatic carbocycles. The second-order valence-corrected chi connectivity index (χ2v) is 6.11. The first-order valence-corrected chi connectivity index (χ1v) is 6.89. The average Bonchev–Trinajstić information content (AvgIpc) is 2.68.